The SMILES string of the molecule is CCOc1nc(N)nc2ncc(-c3ccc4c(c3)OCCCO4)nc12. The van der Waals surface area contributed by atoms with Gasteiger partial charge in [0.2, 0.25) is 11.8 Å². The number of aromatic nitrogens is 4. The van der Waals surface area contributed by atoms with Gasteiger partial charge in [0.05, 0.1) is 31.7 Å². The summed E-state index contributed by atoms with van der Waals surface area (Å²) in [5, 5.41) is 0. The van der Waals surface area contributed by atoms with Gasteiger partial charge in [-0.15, -0.1) is 0 Å². The highest BCUT2D eigenvalue weighted by molar-refractivity contribution is 5.79. The standard InChI is InChI=1S/C17H17N5O3/c1-2-23-16-14-15(21-17(18)22-16)19-9-11(20-14)10-4-5-12-13(8-10)25-7-3-6-24-12/h4-5,8-9H,2-3,6-7H2,1H3,(H2,18,19,21,22). The third-order valence-corrected chi connectivity index (χ3v) is 3.72. The largest absolute Gasteiger partial charge is 0.490 e. The Morgan fingerprint density at radius 1 is 1.12 bits per heavy atom. The summed E-state index contributed by atoms with van der Waals surface area (Å²) in [4.78, 5) is 17.2. The molecule has 4 rings (SSSR count). The molecule has 0 atom stereocenters. The van der Waals surface area contributed by atoms with Crippen LogP contribution in [-0.2, 0) is 0 Å². The van der Waals surface area contributed by atoms with Gasteiger partial charge in [-0.1, -0.05) is 0 Å². The molecule has 0 aliphatic carbocycles. The van der Waals surface area contributed by atoms with Crippen LogP contribution in [0.1, 0.15) is 13.3 Å². The van der Waals surface area contributed by atoms with Crippen LogP contribution in [-0.4, -0.2) is 39.8 Å². The first-order valence-corrected chi connectivity index (χ1v) is 8.07. The molecule has 2 aromatic heterocycles. The molecule has 1 aliphatic heterocycles. The lowest BCUT2D eigenvalue weighted by Gasteiger charge is -2.10. The van der Waals surface area contributed by atoms with Crippen LogP contribution < -0.4 is 19.9 Å². The van der Waals surface area contributed by atoms with E-state index in [2.05, 4.69) is 19.9 Å². The number of rotatable bonds is 3. The Bertz CT molecular complexity index is 932. The molecule has 1 aromatic carbocycles. The Balaban J connectivity index is 1.80. The van der Waals surface area contributed by atoms with Crippen LogP contribution in [0.5, 0.6) is 17.4 Å². The van der Waals surface area contributed by atoms with E-state index in [4.69, 9.17) is 19.9 Å². The third-order valence-electron chi connectivity index (χ3n) is 3.72. The molecule has 0 fully saturated rings. The fraction of sp³-hybridized carbons (Fsp3) is 0.294. The van der Waals surface area contributed by atoms with E-state index in [0.29, 0.717) is 48.3 Å². The van der Waals surface area contributed by atoms with E-state index in [9.17, 15) is 0 Å². The fourth-order valence-corrected chi connectivity index (χ4v) is 2.60. The van der Waals surface area contributed by atoms with Gasteiger partial charge in [0, 0.05) is 12.0 Å². The van der Waals surface area contributed by atoms with E-state index in [1.807, 2.05) is 25.1 Å². The topological polar surface area (TPSA) is 105 Å². The van der Waals surface area contributed by atoms with E-state index in [1.165, 1.54) is 0 Å². The van der Waals surface area contributed by atoms with Crippen LogP contribution in [0.3, 0.4) is 0 Å². The van der Waals surface area contributed by atoms with Crippen molar-refractivity contribution in [2.75, 3.05) is 25.6 Å². The first kappa shape index (κ1) is 15.4. The Kier molecular flexibility index (Phi) is 3.93. The Labute approximate surface area is 144 Å². The van der Waals surface area contributed by atoms with Gasteiger partial charge in [0.15, 0.2) is 22.7 Å². The number of hydrogen-bond acceptors (Lipinski definition) is 8. The first-order chi connectivity index (χ1) is 12.2. The average molecular weight is 339 g/mol. The van der Waals surface area contributed by atoms with Gasteiger partial charge in [0.25, 0.3) is 0 Å². The van der Waals surface area contributed by atoms with Crippen LogP contribution in [0.25, 0.3) is 22.4 Å². The predicted molar refractivity (Wildman–Crippen MR) is 91.8 cm³/mol. The molecular formula is C17H17N5O3. The van der Waals surface area contributed by atoms with Gasteiger partial charge in [-0.25, -0.2) is 9.97 Å². The van der Waals surface area contributed by atoms with E-state index < -0.39 is 0 Å². The van der Waals surface area contributed by atoms with Crippen molar-refractivity contribution < 1.29 is 14.2 Å². The zero-order valence-electron chi connectivity index (χ0n) is 13.7. The van der Waals surface area contributed by atoms with Crippen LogP contribution in [0.15, 0.2) is 24.4 Å². The lowest BCUT2D eigenvalue weighted by molar-refractivity contribution is 0.297. The van der Waals surface area contributed by atoms with Gasteiger partial charge in [-0.3, -0.25) is 0 Å². The highest BCUT2D eigenvalue weighted by Gasteiger charge is 2.15. The van der Waals surface area contributed by atoms with Crippen LogP contribution in [0.2, 0.25) is 0 Å². The van der Waals surface area contributed by atoms with Crippen molar-refractivity contribution in [3.05, 3.63) is 24.4 Å². The van der Waals surface area contributed by atoms with Crippen LogP contribution in [0.4, 0.5) is 5.95 Å². The van der Waals surface area contributed by atoms with Crippen molar-refractivity contribution in [1.82, 2.24) is 19.9 Å². The summed E-state index contributed by atoms with van der Waals surface area (Å²) in [6.45, 7) is 3.59. The van der Waals surface area contributed by atoms with Gasteiger partial charge >= 0.3 is 0 Å². The molecule has 8 nitrogen and oxygen atoms in total. The molecule has 2 N–H and O–H groups in total. The Morgan fingerprint density at radius 3 is 2.80 bits per heavy atom. The molecule has 1 aliphatic rings. The summed E-state index contributed by atoms with van der Waals surface area (Å²) < 4.78 is 16.9. The molecular weight excluding hydrogens is 322 g/mol. The van der Waals surface area contributed by atoms with Crippen molar-refractivity contribution in [2.24, 2.45) is 0 Å². The van der Waals surface area contributed by atoms with E-state index in [-0.39, 0.29) is 5.95 Å². The van der Waals surface area contributed by atoms with Crippen molar-refractivity contribution in [3.8, 4) is 28.6 Å². The normalized spacial score (nSPS) is 13.5. The summed E-state index contributed by atoms with van der Waals surface area (Å²) in [6.07, 6.45) is 2.50. The molecule has 128 valence electrons. The Morgan fingerprint density at radius 2 is 1.96 bits per heavy atom. The van der Waals surface area contributed by atoms with Gasteiger partial charge in [-0.2, -0.15) is 9.97 Å². The first-order valence-electron chi connectivity index (χ1n) is 8.07. The minimum absolute atomic E-state index is 0.105. The zero-order valence-corrected chi connectivity index (χ0v) is 13.7. The molecule has 0 radical (unpaired) electrons. The van der Waals surface area contributed by atoms with Gasteiger partial charge in [0.1, 0.15) is 0 Å². The fourth-order valence-electron chi connectivity index (χ4n) is 2.60. The third kappa shape index (κ3) is 2.98. The van der Waals surface area contributed by atoms with Crippen molar-refractivity contribution in [1.29, 1.82) is 0 Å². The smallest absolute Gasteiger partial charge is 0.247 e. The minimum Gasteiger partial charge on any atom is -0.490 e. The Hall–Kier alpha value is -3.16. The van der Waals surface area contributed by atoms with Crippen molar-refractivity contribution >= 4 is 17.1 Å². The highest BCUT2D eigenvalue weighted by atomic mass is 16.5. The number of nitrogens with two attached hydrogens (primary N) is 1. The van der Waals surface area contributed by atoms with Gasteiger partial charge in [-0.05, 0) is 25.1 Å². The second-order valence-electron chi connectivity index (χ2n) is 5.46. The zero-order chi connectivity index (χ0) is 17.2. The quantitative estimate of drug-likeness (QED) is 0.774. The molecule has 0 unspecified atom stereocenters. The number of nitrogens with zero attached hydrogens (tertiary/aromatic N) is 4. The summed E-state index contributed by atoms with van der Waals surface area (Å²) in [7, 11) is 0. The van der Waals surface area contributed by atoms with Crippen molar-refractivity contribution in [2.45, 2.75) is 13.3 Å². The minimum atomic E-state index is 0.105. The number of hydrogen-bond donors (Lipinski definition) is 1. The molecule has 0 bridgehead atoms. The summed E-state index contributed by atoms with van der Waals surface area (Å²) in [5.41, 5.74) is 8.09. The molecule has 3 heterocycles. The maximum Gasteiger partial charge on any atom is 0.247 e. The number of ether oxygens (including phenoxy) is 3. The lowest BCUT2D eigenvalue weighted by Crippen LogP contribution is -2.04. The van der Waals surface area contributed by atoms with Crippen molar-refractivity contribution in [3.63, 3.8) is 0 Å². The number of anilines is 1. The van der Waals surface area contributed by atoms with Crippen LogP contribution >= 0.6 is 0 Å². The molecule has 0 spiro atoms. The van der Waals surface area contributed by atoms with E-state index >= 15 is 0 Å². The number of nitrogen functional groups attached to an aromatic ring is 1. The highest BCUT2D eigenvalue weighted by Crippen LogP contribution is 2.34. The molecule has 8 heteroatoms. The molecule has 0 saturated carbocycles. The monoisotopic (exact) mass is 339 g/mol. The molecule has 0 saturated heterocycles. The predicted octanol–water partition coefficient (Wildman–Crippen LogP) is 2.23. The van der Waals surface area contributed by atoms with Gasteiger partial charge < -0.3 is 19.9 Å². The molecule has 0 amide bonds. The molecule has 3 aromatic rings. The second-order valence-corrected chi connectivity index (χ2v) is 5.46. The summed E-state index contributed by atoms with van der Waals surface area (Å²) in [6, 6.07) is 5.70. The van der Waals surface area contributed by atoms with Crippen LogP contribution in [0, 0.1) is 0 Å². The second kappa shape index (κ2) is 6.39. The summed E-state index contributed by atoms with van der Waals surface area (Å²) in [5.74, 6) is 1.87. The summed E-state index contributed by atoms with van der Waals surface area (Å²) >= 11 is 0. The average Bonchev–Trinajstić information content (AvgIpc) is 2.86. The van der Waals surface area contributed by atoms with E-state index in [1.54, 1.807) is 6.20 Å². The number of fused-ring (bicyclic) bond motifs is 2. The van der Waals surface area contributed by atoms with E-state index in [0.717, 1.165) is 17.7 Å². The lowest BCUT2D eigenvalue weighted by atomic mass is 10.1. The maximum atomic E-state index is 5.74. The molecule has 25 heavy (non-hydrogen) atoms. The maximum absolute atomic E-state index is 5.74. The number of benzene rings is 1.